The zero-order valence-corrected chi connectivity index (χ0v) is 20.9. The van der Waals surface area contributed by atoms with Gasteiger partial charge in [0.2, 0.25) is 0 Å². The topological polar surface area (TPSA) is 80.7 Å². The Kier molecular flexibility index (Phi) is 4.94. The predicted octanol–water partition coefficient (Wildman–Crippen LogP) is 6.52. The van der Waals surface area contributed by atoms with E-state index in [4.69, 9.17) is 10.2 Å². The Labute approximate surface area is 223 Å². The van der Waals surface area contributed by atoms with E-state index in [1.165, 1.54) is 0 Å². The molecular weight excluding hydrogens is 484 g/mol. The number of rotatable bonds is 3. The summed E-state index contributed by atoms with van der Waals surface area (Å²) in [6.45, 7) is 0. The van der Waals surface area contributed by atoms with Gasteiger partial charge < -0.3 is 4.57 Å². The lowest BCUT2D eigenvalue weighted by Gasteiger charge is -2.08. The van der Waals surface area contributed by atoms with Gasteiger partial charge >= 0.3 is 0 Å². The molecule has 0 unspecified atom stereocenters. The highest BCUT2D eigenvalue weighted by Gasteiger charge is 2.34. The summed E-state index contributed by atoms with van der Waals surface area (Å²) in [5.41, 5.74) is 5.60. The average molecular weight is 505 g/mol. The maximum Gasteiger partial charge on any atom is 0.197 e. The van der Waals surface area contributed by atoms with Gasteiger partial charge in [0, 0.05) is 29.4 Å². The minimum absolute atomic E-state index is 0.146. The number of para-hydroxylation sites is 1. The van der Waals surface area contributed by atoms with Crippen molar-refractivity contribution < 1.29 is 9.59 Å². The maximum atomic E-state index is 13.5. The first-order valence-electron chi connectivity index (χ1n) is 12.5. The number of nitriles is 1. The SMILES string of the molecule is Cn1c(-c2ccc(C#N)cc2)nc2c1cc(C=C1C(=O)c3cc4ccccc4cc3C1=O)n2-c1ccccc1. The van der Waals surface area contributed by atoms with E-state index in [1.54, 1.807) is 18.2 Å². The highest BCUT2D eigenvalue weighted by Crippen LogP contribution is 2.34. The molecule has 39 heavy (non-hydrogen) atoms. The summed E-state index contributed by atoms with van der Waals surface area (Å²) in [4.78, 5) is 31.9. The number of Topliss-reactive ketones (excluding diaryl/α,β-unsaturated/α-hetero) is 2. The fraction of sp³-hybridized carbons (Fsp3) is 0.0303. The first kappa shape index (κ1) is 22.6. The van der Waals surface area contributed by atoms with Crippen LogP contribution in [0.4, 0.5) is 0 Å². The van der Waals surface area contributed by atoms with Gasteiger partial charge in [-0.05, 0) is 71.4 Å². The number of ketones is 2. The molecule has 0 saturated carbocycles. The fourth-order valence-corrected chi connectivity index (χ4v) is 5.34. The van der Waals surface area contributed by atoms with Crippen molar-refractivity contribution in [2.75, 3.05) is 0 Å². The number of fused-ring (bicyclic) bond motifs is 3. The third-order valence-corrected chi connectivity index (χ3v) is 7.32. The van der Waals surface area contributed by atoms with Gasteiger partial charge in [0.25, 0.3) is 0 Å². The number of nitrogens with zero attached hydrogens (tertiary/aromatic N) is 4. The van der Waals surface area contributed by atoms with Crippen molar-refractivity contribution in [1.82, 2.24) is 14.1 Å². The normalized spacial score (nSPS) is 12.8. The van der Waals surface area contributed by atoms with Crippen molar-refractivity contribution in [3.05, 3.63) is 125 Å². The Hall–Kier alpha value is -5.54. The van der Waals surface area contributed by atoms with Gasteiger partial charge in [-0.3, -0.25) is 14.2 Å². The standard InChI is InChI=1S/C33H20N4O2/c1-36-29-18-25(17-28-30(38)26-15-22-7-5-6-8-23(22)16-27(26)31(28)39)37(24-9-3-2-4-10-24)33(29)35-32(36)21-13-11-20(19-34)12-14-21/h2-18H,1H3. The van der Waals surface area contributed by atoms with E-state index in [0.29, 0.717) is 28.0 Å². The quantitative estimate of drug-likeness (QED) is 0.203. The second-order valence-corrected chi connectivity index (χ2v) is 9.59. The third-order valence-electron chi connectivity index (χ3n) is 7.32. The van der Waals surface area contributed by atoms with Crippen LogP contribution in [0.25, 0.3) is 45.1 Å². The minimum Gasteiger partial charge on any atom is -0.326 e. The Morgan fingerprint density at radius 3 is 2.03 bits per heavy atom. The molecule has 6 nitrogen and oxygen atoms in total. The monoisotopic (exact) mass is 504 g/mol. The molecule has 0 N–H and O–H groups in total. The smallest absolute Gasteiger partial charge is 0.197 e. The molecule has 0 spiro atoms. The van der Waals surface area contributed by atoms with E-state index in [2.05, 4.69) is 6.07 Å². The van der Waals surface area contributed by atoms with Crippen molar-refractivity contribution in [1.29, 1.82) is 5.26 Å². The first-order chi connectivity index (χ1) is 19.0. The van der Waals surface area contributed by atoms with Crippen LogP contribution in [0.3, 0.4) is 0 Å². The summed E-state index contributed by atoms with van der Waals surface area (Å²) < 4.78 is 3.95. The van der Waals surface area contributed by atoms with Gasteiger partial charge in [-0.25, -0.2) is 4.98 Å². The van der Waals surface area contributed by atoms with E-state index in [0.717, 1.165) is 33.4 Å². The van der Waals surface area contributed by atoms with Gasteiger partial charge in [-0.2, -0.15) is 5.26 Å². The van der Waals surface area contributed by atoms with Crippen LogP contribution in [-0.2, 0) is 7.05 Å². The molecule has 1 aliphatic rings. The van der Waals surface area contributed by atoms with E-state index >= 15 is 0 Å². The molecule has 184 valence electrons. The summed E-state index contributed by atoms with van der Waals surface area (Å²) in [5.74, 6) is 0.217. The van der Waals surface area contributed by atoms with Gasteiger partial charge in [-0.1, -0.05) is 42.5 Å². The van der Waals surface area contributed by atoms with Crippen LogP contribution in [0.2, 0.25) is 0 Å². The number of allylic oxidation sites excluding steroid dienone is 1. The molecule has 0 bridgehead atoms. The number of carbonyl (C=O) groups excluding carboxylic acids is 2. The second kappa shape index (κ2) is 8.51. The molecule has 6 aromatic rings. The molecule has 6 heteroatoms. The summed E-state index contributed by atoms with van der Waals surface area (Å²) in [7, 11) is 1.93. The van der Waals surface area contributed by atoms with Crippen molar-refractivity contribution in [3.8, 4) is 23.1 Å². The van der Waals surface area contributed by atoms with E-state index in [-0.39, 0.29) is 17.1 Å². The lowest BCUT2D eigenvalue weighted by Crippen LogP contribution is -2.03. The van der Waals surface area contributed by atoms with Crippen molar-refractivity contribution >= 4 is 39.6 Å². The lowest BCUT2D eigenvalue weighted by molar-refractivity contribution is 0.0990. The van der Waals surface area contributed by atoms with E-state index in [1.807, 2.05) is 101 Å². The van der Waals surface area contributed by atoms with E-state index in [9.17, 15) is 9.59 Å². The number of carbonyl (C=O) groups is 2. The molecule has 0 amide bonds. The highest BCUT2D eigenvalue weighted by molar-refractivity contribution is 6.42. The Balaban J connectivity index is 1.41. The average Bonchev–Trinajstić information content (AvgIpc) is 3.57. The Morgan fingerprint density at radius 2 is 1.41 bits per heavy atom. The molecule has 4 aromatic carbocycles. The van der Waals surface area contributed by atoms with Crippen LogP contribution >= 0.6 is 0 Å². The summed E-state index contributed by atoms with van der Waals surface area (Å²) in [6.07, 6.45) is 1.69. The van der Waals surface area contributed by atoms with Crippen LogP contribution in [-0.4, -0.2) is 25.7 Å². The zero-order chi connectivity index (χ0) is 26.7. The Bertz CT molecular complexity index is 2000. The lowest BCUT2D eigenvalue weighted by atomic mass is 10.0. The summed E-state index contributed by atoms with van der Waals surface area (Å²) in [6, 6.07) is 32.5. The summed E-state index contributed by atoms with van der Waals surface area (Å²) >= 11 is 0. The van der Waals surface area contributed by atoms with Gasteiger partial charge in [0.15, 0.2) is 17.2 Å². The van der Waals surface area contributed by atoms with Crippen molar-refractivity contribution in [2.24, 2.45) is 7.05 Å². The molecule has 1 aliphatic carbocycles. The molecule has 0 saturated heterocycles. The predicted molar refractivity (Wildman–Crippen MR) is 151 cm³/mol. The number of imidazole rings is 1. The van der Waals surface area contributed by atoms with Crippen LogP contribution in [0, 0.1) is 11.3 Å². The van der Waals surface area contributed by atoms with Crippen LogP contribution < -0.4 is 0 Å². The Morgan fingerprint density at radius 1 is 0.795 bits per heavy atom. The molecule has 0 fully saturated rings. The maximum absolute atomic E-state index is 13.5. The van der Waals surface area contributed by atoms with Gasteiger partial charge in [0.05, 0.1) is 28.4 Å². The molecule has 0 aliphatic heterocycles. The first-order valence-corrected chi connectivity index (χ1v) is 12.5. The highest BCUT2D eigenvalue weighted by atomic mass is 16.2. The molecule has 0 radical (unpaired) electrons. The molecule has 7 rings (SSSR count). The number of aromatic nitrogens is 3. The molecule has 2 heterocycles. The zero-order valence-electron chi connectivity index (χ0n) is 20.9. The second-order valence-electron chi connectivity index (χ2n) is 9.59. The summed E-state index contributed by atoms with van der Waals surface area (Å²) in [5, 5.41) is 11.0. The molecule has 2 aromatic heterocycles. The van der Waals surface area contributed by atoms with Gasteiger partial charge in [0.1, 0.15) is 5.82 Å². The number of hydrogen-bond acceptors (Lipinski definition) is 4. The number of hydrogen-bond donors (Lipinski definition) is 0. The largest absolute Gasteiger partial charge is 0.326 e. The van der Waals surface area contributed by atoms with Crippen LogP contribution in [0.5, 0.6) is 0 Å². The van der Waals surface area contributed by atoms with Crippen LogP contribution in [0.15, 0.2) is 103 Å². The third kappa shape index (κ3) is 3.45. The minimum atomic E-state index is -0.267. The number of benzene rings is 4. The van der Waals surface area contributed by atoms with E-state index < -0.39 is 0 Å². The van der Waals surface area contributed by atoms with Crippen molar-refractivity contribution in [3.63, 3.8) is 0 Å². The van der Waals surface area contributed by atoms with Crippen molar-refractivity contribution in [2.45, 2.75) is 0 Å². The fourth-order valence-electron chi connectivity index (χ4n) is 5.34. The molecular formula is C33H20N4O2. The van der Waals surface area contributed by atoms with Gasteiger partial charge in [-0.15, -0.1) is 0 Å². The number of aryl methyl sites for hydroxylation is 1. The molecule has 0 atom stereocenters. The van der Waals surface area contributed by atoms with Crippen LogP contribution in [0.1, 0.15) is 32.0 Å².